The standard InChI is InChI=1S/C19H20O.C8H14O2/c1-15(2)18-11-7-16(8-12-18)5-3-4-6-17-9-13-19(20)14-10-17;1-6(2)7(9)10-8(3,4)5/h3-15,20H,1-2H3;1H2,2-5H3. The van der Waals surface area contributed by atoms with E-state index in [0.717, 1.165) is 5.56 Å². The number of phenolic OH excluding ortho intramolecular Hbond substituents is 1. The highest BCUT2D eigenvalue weighted by molar-refractivity contribution is 5.87. The van der Waals surface area contributed by atoms with E-state index in [1.165, 1.54) is 11.1 Å². The predicted molar refractivity (Wildman–Crippen MR) is 127 cm³/mol. The van der Waals surface area contributed by atoms with Gasteiger partial charge < -0.3 is 9.84 Å². The van der Waals surface area contributed by atoms with Crippen LogP contribution in [-0.4, -0.2) is 16.7 Å². The number of benzene rings is 2. The summed E-state index contributed by atoms with van der Waals surface area (Å²) in [5, 5.41) is 9.20. The van der Waals surface area contributed by atoms with Crippen LogP contribution in [0.4, 0.5) is 0 Å². The third-order valence-corrected chi connectivity index (χ3v) is 3.93. The molecule has 2 rings (SSSR count). The number of carbonyl (C=O) groups is 1. The van der Waals surface area contributed by atoms with Crippen molar-refractivity contribution in [3.05, 3.63) is 89.5 Å². The van der Waals surface area contributed by atoms with E-state index >= 15 is 0 Å². The molecule has 0 bridgehead atoms. The predicted octanol–water partition coefficient (Wildman–Crippen LogP) is 7.15. The largest absolute Gasteiger partial charge is 0.508 e. The second kappa shape index (κ2) is 11.8. The summed E-state index contributed by atoms with van der Waals surface area (Å²) in [6.45, 7) is 15.0. The monoisotopic (exact) mass is 406 g/mol. The van der Waals surface area contributed by atoms with E-state index in [4.69, 9.17) is 4.74 Å². The van der Waals surface area contributed by atoms with Gasteiger partial charge in [-0.25, -0.2) is 4.79 Å². The first-order valence-corrected chi connectivity index (χ1v) is 10.1. The van der Waals surface area contributed by atoms with Crippen LogP contribution in [0.3, 0.4) is 0 Å². The lowest BCUT2D eigenvalue weighted by molar-refractivity contribution is -0.149. The maximum atomic E-state index is 10.8. The van der Waals surface area contributed by atoms with Gasteiger partial charge >= 0.3 is 5.97 Å². The van der Waals surface area contributed by atoms with Crippen LogP contribution in [0, 0.1) is 0 Å². The molecule has 0 radical (unpaired) electrons. The molecule has 0 fully saturated rings. The highest BCUT2D eigenvalue weighted by Crippen LogP contribution is 2.15. The molecular weight excluding hydrogens is 372 g/mol. The Morgan fingerprint density at radius 2 is 1.37 bits per heavy atom. The molecular formula is C27H34O3. The molecule has 160 valence electrons. The van der Waals surface area contributed by atoms with E-state index in [2.05, 4.69) is 50.8 Å². The van der Waals surface area contributed by atoms with E-state index < -0.39 is 5.60 Å². The van der Waals surface area contributed by atoms with Gasteiger partial charge in [-0.1, -0.05) is 81.1 Å². The normalized spacial score (nSPS) is 11.4. The Morgan fingerprint density at radius 1 is 0.933 bits per heavy atom. The molecule has 1 N–H and O–H groups in total. The van der Waals surface area contributed by atoms with Gasteiger partial charge in [0.2, 0.25) is 0 Å². The lowest BCUT2D eigenvalue weighted by Gasteiger charge is -2.19. The van der Waals surface area contributed by atoms with Crippen LogP contribution in [0.1, 0.15) is 64.2 Å². The third kappa shape index (κ3) is 10.5. The number of allylic oxidation sites excluding steroid dienone is 2. The third-order valence-electron chi connectivity index (χ3n) is 3.93. The van der Waals surface area contributed by atoms with Gasteiger partial charge in [-0.3, -0.25) is 0 Å². The molecule has 2 aromatic carbocycles. The first-order valence-electron chi connectivity index (χ1n) is 10.1. The summed E-state index contributed by atoms with van der Waals surface area (Å²) in [6, 6.07) is 15.8. The van der Waals surface area contributed by atoms with Gasteiger partial charge in [0.15, 0.2) is 0 Å². The zero-order valence-corrected chi connectivity index (χ0v) is 19.0. The van der Waals surface area contributed by atoms with Crippen LogP contribution < -0.4 is 0 Å². The van der Waals surface area contributed by atoms with Crippen LogP contribution >= 0.6 is 0 Å². The maximum Gasteiger partial charge on any atom is 0.333 e. The van der Waals surface area contributed by atoms with Crippen molar-refractivity contribution in [2.75, 3.05) is 0 Å². The fourth-order valence-corrected chi connectivity index (χ4v) is 2.28. The molecule has 3 nitrogen and oxygen atoms in total. The second-order valence-electron chi connectivity index (χ2n) is 8.41. The van der Waals surface area contributed by atoms with Crippen molar-refractivity contribution in [1.29, 1.82) is 0 Å². The van der Waals surface area contributed by atoms with Gasteiger partial charge in [-0.05, 0) is 62.4 Å². The molecule has 0 spiro atoms. The van der Waals surface area contributed by atoms with Gasteiger partial charge in [0.25, 0.3) is 0 Å². The molecule has 0 saturated heterocycles. The van der Waals surface area contributed by atoms with Crippen LogP contribution in [0.15, 0.2) is 72.8 Å². The molecule has 3 heteroatoms. The lowest BCUT2D eigenvalue weighted by Crippen LogP contribution is -2.23. The number of ether oxygens (including phenoxy) is 1. The van der Waals surface area contributed by atoms with Crippen LogP contribution in [0.2, 0.25) is 0 Å². The number of rotatable bonds is 5. The molecule has 0 amide bonds. The van der Waals surface area contributed by atoms with Crippen molar-refractivity contribution in [1.82, 2.24) is 0 Å². The minimum atomic E-state index is -0.407. The zero-order valence-electron chi connectivity index (χ0n) is 19.0. The minimum absolute atomic E-state index is 0.294. The zero-order chi connectivity index (χ0) is 22.7. The number of phenols is 1. The Labute approximate surface area is 181 Å². The van der Waals surface area contributed by atoms with Gasteiger partial charge in [0, 0.05) is 5.57 Å². The van der Waals surface area contributed by atoms with E-state index in [1.54, 1.807) is 19.1 Å². The van der Waals surface area contributed by atoms with E-state index in [-0.39, 0.29) is 5.97 Å². The van der Waals surface area contributed by atoms with Crippen LogP contribution in [0.5, 0.6) is 5.75 Å². The highest BCUT2D eigenvalue weighted by atomic mass is 16.6. The molecule has 0 heterocycles. The minimum Gasteiger partial charge on any atom is -0.508 e. The maximum absolute atomic E-state index is 10.8. The van der Waals surface area contributed by atoms with Gasteiger partial charge in [-0.2, -0.15) is 0 Å². The quantitative estimate of drug-likeness (QED) is 0.326. The summed E-state index contributed by atoms with van der Waals surface area (Å²) in [5.74, 6) is 0.540. The van der Waals surface area contributed by atoms with Crippen molar-refractivity contribution < 1.29 is 14.6 Å². The summed E-state index contributed by atoms with van der Waals surface area (Å²) >= 11 is 0. The molecule has 0 aliphatic carbocycles. The second-order valence-corrected chi connectivity index (χ2v) is 8.41. The van der Waals surface area contributed by atoms with Crippen molar-refractivity contribution in [3.8, 4) is 5.75 Å². The number of esters is 1. The van der Waals surface area contributed by atoms with Crippen LogP contribution in [0.25, 0.3) is 12.2 Å². The number of hydrogen-bond donors (Lipinski definition) is 1. The van der Waals surface area contributed by atoms with Crippen molar-refractivity contribution in [3.63, 3.8) is 0 Å². The topological polar surface area (TPSA) is 46.5 Å². The molecule has 0 aliphatic heterocycles. The lowest BCUT2D eigenvalue weighted by atomic mass is 10.0. The molecule has 0 aromatic heterocycles. The fraction of sp³-hybridized carbons (Fsp3) is 0.296. The smallest absolute Gasteiger partial charge is 0.333 e. The first kappa shape index (κ1) is 25.0. The average Bonchev–Trinajstić information content (AvgIpc) is 2.66. The van der Waals surface area contributed by atoms with Crippen LogP contribution in [-0.2, 0) is 9.53 Å². The molecule has 0 aliphatic rings. The fourth-order valence-electron chi connectivity index (χ4n) is 2.28. The van der Waals surface area contributed by atoms with E-state index in [1.807, 2.05) is 51.1 Å². The summed E-state index contributed by atoms with van der Waals surface area (Å²) in [5.41, 5.74) is 3.67. The molecule has 2 aromatic rings. The summed E-state index contributed by atoms with van der Waals surface area (Å²) < 4.78 is 4.96. The first-order chi connectivity index (χ1) is 14.0. The molecule has 0 unspecified atom stereocenters. The Kier molecular flexibility index (Phi) is 9.83. The Bertz CT molecular complexity index is 862. The van der Waals surface area contributed by atoms with Crippen molar-refractivity contribution in [2.45, 2.75) is 53.1 Å². The highest BCUT2D eigenvalue weighted by Gasteiger charge is 2.15. The average molecular weight is 407 g/mol. The Balaban J connectivity index is 0.000000382. The molecule has 30 heavy (non-hydrogen) atoms. The van der Waals surface area contributed by atoms with E-state index in [9.17, 15) is 9.90 Å². The van der Waals surface area contributed by atoms with Gasteiger partial charge in [0.05, 0.1) is 0 Å². The van der Waals surface area contributed by atoms with Crippen molar-refractivity contribution >= 4 is 18.1 Å². The summed E-state index contributed by atoms with van der Waals surface area (Å²) in [6.07, 6.45) is 8.12. The SMILES string of the molecule is C=C(C)C(=O)OC(C)(C)C.CC(C)c1ccc(C=CC=Cc2ccc(O)cc2)cc1. The molecule has 0 saturated carbocycles. The summed E-state index contributed by atoms with van der Waals surface area (Å²) in [4.78, 5) is 10.8. The number of carbonyl (C=O) groups excluding carboxylic acids is 1. The summed E-state index contributed by atoms with van der Waals surface area (Å²) in [7, 11) is 0. The van der Waals surface area contributed by atoms with Gasteiger partial charge in [0.1, 0.15) is 11.4 Å². The number of aromatic hydroxyl groups is 1. The Morgan fingerprint density at radius 3 is 1.70 bits per heavy atom. The number of hydrogen-bond acceptors (Lipinski definition) is 3. The van der Waals surface area contributed by atoms with Gasteiger partial charge in [-0.15, -0.1) is 0 Å². The van der Waals surface area contributed by atoms with E-state index in [0.29, 0.717) is 17.2 Å². The molecule has 0 atom stereocenters. The Hall–Kier alpha value is -3.07. The van der Waals surface area contributed by atoms with Crippen molar-refractivity contribution in [2.24, 2.45) is 0 Å².